The van der Waals surface area contributed by atoms with E-state index < -0.39 is 0 Å². The summed E-state index contributed by atoms with van der Waals surface area (Å²) in [5.74, 6) is 0.862. The van der Waals surface area contributed by atoms with Crippen molar-refractivity contribution in [3.63, 3.8) is 0 Å². The molecule has 1 aliphatic heterocycles. The number of hydrogen-bond donors (Lipinski definition) is 2. The number of fused-ring (bicyclic) bond motifs is 1. The lowest BCUT2D eigenvalue weighted by Crippen LogP contribution is -2.24. The number of hydrogen-bond acceptors (Lipinski definition) is 5. The van der Waals surface area contributed by atoms with Gasteiger partial charge >= 0.3 is 0 Å². The van der Waals surface area contributed by atoms with Gasteiger partial charge in [-0.1, -0.05) is 12.1 Å². The highest BCUT2D eigenvalue weighted by Gasteiger charge is 2.32. The summed E-state index contributed by atoms with van der Waals surface area (Å²) in [4.78, 5) is 12.6. The van der Waals surface area contributed by atoms with Crippen molar-refractivity contribution in [2.75, 3.05) is 19.5 Å². The zero-order valence-electron chi connectivity index (χ0n) is 16.8. The van der Waals surface area contributed by atoms with E-state index in [1.165, 1.54) is 14.2 Å². The number of aromatic hydroxyl groups is 1. The first-order valence-electron chi connectivity index (χ1n) is 9.33. The predicted molar refractivity (Wildman–Crippen MR) is 109 cm³/mol. The standard InChI is InChI=1S/C22H23N3O4/c1-12-5-6-13(2)17(7-12)25-22-16(11-23-25)15(10-20(26)24-22)14-8-18(28-3)21(27)19(9-14)29-4/h5-9,11,15,27H,10H2,1-4H3,(H,24,26). The van der Waals surface area contributed by atoms with Crippen molar-refractivity contribution >= 4 is 11.7 Å². The summed E-state index contributed by atoms with van der Waals surface area (Å²) in [6.07, 6.45) is 2.05. The van der Waals surface area contributed by atoms with Crippen LogP contribution in [0.3, 0.4) is 0 Å². The number of phenolic OH excluding ortho intramolecular Hbond substituents is 1. The van der Waals surface area contributed by atoms with E-state index in [-0.39, 0.29) is 24.0 Å². The molecule has 4 rings (SSSR count). The highest BCUT2D eigenvalue weighted by Crippen LogP contribution is 2.44. The number of aryl methyl sites for hydroxylation is 2. The van der Waals surface area contributed by atoms with Crippen molar-refractivity contribution < 1.29 is 19.4 Å². The minimum Gasteiger partial charge on any atom is -0.502 e. The van der Waals surface area contributed by atoms with Crippen LogP contribution < -0.4 is 14.8 Å². The Kier molecular flexibility index (Phi) is 4.66. The predicted octanol–water partition coefficient (Wildman–Crippen LogP) is 3.69. The number of amides is 1. The van der Waals surface area contributed by atoms with E-state index in [0.717, 1.165) is 27.9 Å². The zero-order chi connectivity index (χ0) is 20.7. The number of benzene rings is 2. The van der Waals surface area contributed by atoms with Gasteiger partial charge in [0.1, 0.15) is 5.82 Å². The number of nitrogens with one attached hydrogen (secondary N) is 1. The molecule has 1 aliphatic rings. The van der Waals surface area contributed by atoms with Gasteiger partial charge in [0.2, 0.25) is 11.7 Å². The molecule has 1 atom stereocenters. The Bertz CT molecular complexity index is 1080. The molecule has 0 fully saturated rings. The van der Waals surface area contributed by atoms with Gasteiger partial charge in [0.25, 0.3) is 0 Å². The van der Waals surface area contributed by atoms with Gasteiger partial charge in [-0.2, -0.15) is 5.10 Å². The Balaban J connectivity index is 1.86. The molecule has 0 aliphatic carbocycles. The number of carbonyl (C=O) groups excluding carboxylic acids is 1. The number of methoxy groups -OCH3 is 2. The average molecular weight is 393 g/mol. The molecule has 1 amide bonds. The Hall–Kier alpha value is -3.48. The van der Waals surface area contributed by atoms with Gasteiger partial charge < -0.3 is 19.9 Å². The first-order chi connectivity index (χ1) is 13.9. The average Bonchev–Trinajstić information content (AvgIpc) is 3.13. The molecule has 3 aromatic rings. The molecule has 1 aromatic heterocycles. The number of ether oxygens (including phenoxy) is 2. The summed E-state index contributed by atoms with van der Waals surface area (Å²) in [6, 6.07) is 9.60. The second-order valence-corrected chi connectivity index (χ2v) is 7.23. The number of rotatable bonds is 4. The van der Waals surface area contributed by atoms with Gasteiger partial charge in [-0.05, 0) is 48.7 Å². The number of nitrogens with zero attached hydrogens (tertiary/aromatic N) is 2. The second kappa shape index (κ2) is 7.16. The maximum atomic E-state index is 12.6. The van der Waals surface area contributed by atoms with Gasteiger partial charge in [0, 0.05) is 17.9 Å². The fourth-order valence-corrected chi connectivity index (χ4v) is 3.76. The van der Waals surface area contributed by atoms with E-state index >= 15 is 0 Å². The molecule has 0 saturated carbocycles. The fourth-order valence-electron chi connectivity index (χ4n) is 3.76. The monoisotopic (exact) mass is 393 g/mol. The van der Waals surface area contributed by atoms with Crippen LogP contribution >= 0.6 is 0 Å². The molecule has 1 unspecified atom stereocenters. The summed E-state index contributed by atoms with van der Waals surface area (Å²) in [7, 11) is 2.96. The summed E-state index contributed by atoms with van der Waals surface area (Å²) in [6.45, 7) is 4.04. The van der Waals surface area contributed by atoms with Crippen LogP contribution in [0.25, 0.3) is 5.69 Å². The van der Waals surface area contributed by atoms with Crippen molar-refractivity contribution in [1.29, 1.82) is 0 Å². The Labute approximate surface area is 168 Å². The maximum Gasteiger partial charge on any atom is 0.226 e. The van der Waals surface area contributed by atoms with Crippen molar-refractivity contribution in [2.45, 2.75) is 26.2 Å². The fraction of sp³-hybridized carbons (Fsp3) is 0.273. The van der Waals surface area contributed by atoms with E-state index in [1.54, 1.807) is 23.0 Å². The third-order valence-electron chi connectivity index (χ3n) is 5.32. The van der Waals surface area contributed by atoms with Gasteiger partial charge in [0.05, 0.1) is 26.1 Å². The molecule has 0 saturated heterocycles. The number of anilines is 1. The summed E-state index contributed by atoms with van der Waals surface area (Å²) >= 11 is 0. The largest absolute Gasteiger partial charge is 0.502 e. The van der Waals surface area contributed by atoms with Crippen LogP contribution in [0, 0.1) is 13.8 Å². The smallest absolute Gasteiger partial charge is 0.226 e. The quantitative estimate of drug-likeness (QED) is 0.706. The lowest BCUT2D eigenvalue weighted by atomic mass is 9.87. The number of carbonyl (C=O) groups is 1. The van der Waals surface area contributed by atoms with Crippen molar-refractivity contribution in [3.05, 3.63) is 58.8 Å². The van der Waals surface area contributed by atoms with Gasteiger partial charge in [-0.25, -0.2) is 4.68 Å². The van der Waals surface area contributed by atoms with Crippen LogP contribution in [0.4, 0.5) is 5.82 Å². The van der Waals surface area contributed by atoms with Crippen LogP contribution in [0.1, 0.15) is 34.6 Å². The molecule has 2 N–H and O–H groups in total. The van der Waals surface area contributed by atoms with Crippen LogP contribution in [0.15, 0.2) is 36.5 Å². The van der Waals surface area contributed by atoms with E-state index in [1.807, 2.05) is 32.0 Å². The maximum absolute atomic E-state index is 12.6. The lowest BCUT2D eigenvalue weighted by Gasteiger charge is -2.25. The van der Waals surface area contributed by atoms with E-state index in [4.69, 9.17) is 9.47 Å². The number of phenols is 1. The van der Waals surface area contributed by atoms with Crippen LogP contribution in [0.5, 0.6) is 17.2 Å². The van der Waals surface area contributed by atoms with Gasteiger partial charge in [-0.15, -0.1) is 0 Å². The third kappa shape index (κ3) is 3.18. The molecule has 0 bridgehead atoms. The normalized spacial score (nSPS) is 15.6. The summed E-state index contributed by atoms with van der Waals surface area (Å²) < 4.78 is 12.3. The number of aromatic nitrogens is 2. The van der Waals surface area contributed by atoms with E-state index in [0.29, 0.717) is 17.3 Å². The molecule has 0 radical (unpaired) electrons. The van der Waals surface area contributed by atoms with Gasteiger partial charge in [-0.3, -0.25) is 4.79 Å². The molecule has 2 aromatic carbocycles. The molecular weight excluding hydrogens is 370 g/mol. The van der Waals surface area contributed by atoms with Gasteiger partial charge in [0.15, 0.2) is 11.5 Å². The molecule has 150 valence electrons. The summed E-state index contributed by atoms with van der Waals surface area (Å²) in [5.41, 5.74) is 4.81. The topological polar surface area (TPSA) is 85.6 Å². The molecule has 0 spiro atoms. The lowest BCUT2D eigenvalue weighted by molar-refractivity contribution is -0.116. The first kappa shape index (κ1) is 18.9. The van der Waals surface area contributed by atoms with Crippen molar-refractivity contribution in [1.82, 2.24) is 9.78 Å². The highest BCUT2D eigenvalue weighted by atomic mass is 16.5. The van der Waals surface area contributed by atoms with Crippen LogP contribution in [0.2, 0.25) is 0 Å². The van der Waals surface area contributed by atoms with E-state index in [9.17, 15) is 9.90 Å². The molecular formula is C22H23N3O4. The van der Waals surface area contributed by atoms with Crippen LogP contribution in [-0.2, 0) is 4.79 Å². The minimum absolute atomic E-state index is 0.0645. The minimum atomic E-state index is -0.235. The van der Waals surface area contributed by atoms with Crippen LogP contribution in [-0.4, -0.2) is 35.0 Å². The summed E-state index contributed by atoms with van der Waals surface area (Å²) in [5, 5.41) is 17.8. The van der Waals surface area contributed by atoms with Crippen molar-refractivity contribution in [2.24, 2.45) is 0 Å². The molecule has 2 heterocycles. The van der Waals surface area contributed by atoms with Crippen molar-refractivity contribution in [3.8, 4) is 22.9 Å². The molecule has 29 heavy (non-hydrogen) atoms. The molecule has 7 nitrogen and oxygen atoms in total. The van der Waals surface area contributed by atoms with E-state index in [2.05, 4.69) is 10.4 Å². The molecule has 7 heteroatoms. The highest BCUT2D eigenvalue weighted by molar-refractivity contribution is 5.94. The second-order valence-electron chi connectivity index (χ2n) is 7.23. The zero-order valence-corrected chi connectivity index (χ0v) is 16.8. The SMILES string of the molecule is COc1cc(C2CC(=O)Nc3c2cnn3-c2cc(C)ccc2C)cc(OC)c1O. The Morgan fingerprint density at radius 1 is 1.14 bits per heavy atom. The first-order valence-corrected chi connectivity index (χ1v) is 9.33. The Morgan fingerprint density at radius 2 is 1.83 bits per heavy atom. The third-order valence-corrected chi connectivity index (χ3v) is 5.32. The Morgan fingerprint density at radius 3 is 2.48 bits per heavy atom.